The predicted octanol–water partition coefficient (Wildman–Crippen LogP) is 4.53. The van der Waals surface area contributed by atoms with Crippen LogP contribution in [0, 0.1) is 0 Å². The maximum atomic E-state index is 2.19. The van der Waals surface area contributed by atoms with Gasteiger partial charge in [0, 0.05) is 0 Å². The van der Waals surface area contributed by atoms with Crippen LogP contribution in [-0.2, 0) is 0 Å². The monoisotopic (exact) mass is 186 g/mol. The van der Waals surface area contributed by atoms with Crippen molar-refractivity contribution in [3.8, 4) is 0 Å². The van der Waals surface area contributed by atoms with E-state index in [1.54, 1.807) is 0 Å². The molecular formula is C14H18. The van der Waals surface area contributed by atoms with E-state index in [-0.39, 0.29) is 0 Å². The maximum Gasteiger partial charge on any atom is -0.0257 e. The molecule has 0 fully saturated rings. The summed E-state index contributed by atoms with van der Waals surface area (Å²) in [6.45, 7) is 8.46. The molecule has 1 rings (SSSR count). The molecule has 0 atom stereocenters. The van der Waals surface area contributed by atoms with Crippen LogP contribution in [0.1, 0.15) is 38.8 Å². The van der Waals surface area contributed by atoms with Crippen LogP contribution in [0.4, 0.5) is 0 Å². The normalized spacial score (nSPS) is 9.43. The first-order chi connectivity index (χ1) is 6.58. The van der Waals surface area contributed by atoms with Crippen molar-refractivity contribution >= 4 is 12.2 Å². The third kappa shape index (κ3) is 3.61. The molecule has 0 bridgehead atoms. The van der Waals surface area contributed by atoms with Crippen LogP contribution in [0.3, 0.4) is 0 Å². The fourth-order valence-electron chi connectivity index (χ4n) is 1.36. The van der Waals surface area contributed by atoms with Crippen molar-refractivity contribution in [1.29, 1.82) is 0 Å². The van der Waals surface area contributed by atoms with E-state index in [4.69, 9.17) is 0 Å². The van der Waals surface area contributed by atoms with Crippen LogP contribution >= 0.6 is 0 Å². The molecule has 1 aromatic carbocycles. The van der Waals surface area contributed by atoms with Gasteiger partial charge in [-0.1, -0.05) is 47.6 Å². The number of benzene rings is 1. The lowest BCUT2D eigenvalue weighted by Crippen LogP contribution is -1.76. The van der Waals surface area contributed by atoms with Crippen LogP contribution in [0.2, 0.25) is 0 Å². The van der Waals surface area contributed by atoms with Crippen molar-refractivity contribution < 1.29 is 0 Å². The average molecular weight is 186 g/mol. The molecule has 0 heterocycles. The Labute approximate surface area is 87.0 Å². The minimum Gasteiger partial charge on any atom is -0.0758 e. The Bertz CT molecular complexity index is 305. The number of allylic oxidation sites excluding steroid dienone is 2. The lowest BCUT2D eigenvalue weighted by molar-refractivity contribution is 1.41. The number of hydrogen-bond donors (Lipinski definition) is 0. The summed E-state index contributed by atoms with van der Waals surface area (Å²) in [6.07, 6.45) is 4.37. The molecule has 0 heteroatoms. The van der Waals surface area contributed by atoms with Gasteiger partial charge in [-0.2, -0.15) is 0 Å². The second kappa shape index (κ2) is 4.80. The fraction of sp³-hybridized carbons (Fsp3) is 0.286. The Morgan fingerprint density at radius 1 is 0.714 bits per heavy atom. The largest absolute Gasteiger partial charge is 0.0758 e. The van der Waals surface area contributed by atoms with E-state index in [1.165, 1.54) is 22.3 Å². The summed E-state index contributed by atoms with van der Waals surface area (Å²) in [7, 11) is 0. The highest BCUT2D eigenvalue weighted by molar-refractivity contribution is 5.57. The highest BCUT2D eigenvalue weighted by Gasteiger charge is 1.89. The van der Waals surface area contributed by atoms with Gasteiger partial charge in [0.05, 0.1) is 0 Å². The Morgan fingerprint density at radius 3 is 1.21 bits per heavy atom. The molecule has 74 valence electrons. The van der Waals surface area contributed by atoms with Crippen LogP contribution in [0.15, 0.2) is 35.4 Å². The molecule has 0 spiro atoms. The Kier molecular flexibility index (Phi) is 3.70. The first-order valence-electron chi connectivity index (χ1n) is 4.98. The quantitative estimate of drug-likeness (QED) is 0.636. The third-order valence-electron chi connectivity index (χ3n) is 1.85. The van der Waals surface area contributed by atoms with E-state index in [0.29, 0.717) is 0 Å². The topological polar surface area (TPSA) is 0 Å². The van der Waals surface area contributed by atoms with Crippen LogP contribution < -0.4 is 0 Å². The molecule has 0 aliphatic carbocycles. The van der Waals surface area contributed by atoms with E-state index in [1.807, 2.05) is 0 Å². The summed E-state index contributed by atoms with van der Waals surface area (Å²) >= 11 is 0. The molecule has 0 radical (unpaired) electrons. The molecule has 1 aromatic rings. The van der Waals surface area contributed by atoms with Crippen molar-refractivity contribution in [3.05, 3.63) is 46.5 Å². The zero-order valence-corrected chi connectivity index (χ0v) is 9.46. The Balaban J connectivity index is 2.89. The summed E-state index contributed by atoms with van der Waals surface area (Å²) in [4.78, 5) is 0. The van der Waals surface area contributed by atoms with E-state index in [9.17, 15) is 0 Å². The first-order valence-corrected chi connectivity index (χ1v) is 4.98. The summed E-state index contributed by atoms with van der Waals surface area (Å²) in [5.74, 6) is 0. The van der Waals surface area contributed by atoms with Crippen molar-refractivity contribution in [2.75, 3.05) is 0 Å². The van der Waals surface area contributed by atoms with Gasteiger partial charge in [0.25, 0.3) is 0 Å². The van der Waals surface area contributed by atoms with Crippen LogP contribution in [0.25, 0.3) is 12.2 Å². The van der Waals surface area contributed by atoms with Gasteiger partial charge < -0.3 is 0 Å². The molecule has 0 aliphatic heterocycles. The molecule has 0 amide bonds. The average Bonchev–Trinajstić information content (AvgIpc) is 2.06. The number of hydrogen-bond acceptors (Lipinski definition) is 0. The summed E-state index contributed by atoms with van der Waals surface area (Å²) in [5, 5.41) is 0. The van der Waals surface area contributed by atoms with Gasteiger partial charge >= 0.3 is 0 Å². The standard InChI is InChI=1S/C14H18/c1-11(2)9-13-5-7-14(8-6-13)10-12(3)4/h5-10H,1-4H3. The maximum absolute atomic E-state index is 2.19. The van der Waals surface area contributed by atoms with Crippen molar-refractivity contribution in [2.45, 2.75) is 27.7 Å². The molecular weight excluding hydrogens is 168 g/mol. The van der Waals surface area contributed by atoms with E-state index >= 15 is 0 Å². The number of rotatable bonds is 2. The predicted molar refractivity (Wildman–Crippen MR) is 65.1 cm³/mol. The molecule has 0 saturated carbocycles. The summed E-state index contributed by atoms with van der Waals surface area (Å²) in [6, 6.07) is 8.62. The van der Waals surface area contributed by atoms with E-state index in [2.05, 4.69) is 64.1 Å². The zero-order valence-electron chi connectivity index (χ0n) is 9.46. The lowest BCUT2D eigenvalue weighted by Gasteiger charge is -1.98. The minimum absolute atomic E-state index is 1.27. The van der Waals surface area contributed by atoms with Gasteiger partial charge in [-0.25, -0.2) is 0 Å². The Hall–Kier alpha value is -1.30. The van der Waals surface area contributed by atoms with E-state index in [0.717, 1.165) is 0 Å². The van der Waals surface area contributed by atoms with Gasteiger partial charge in [0.2, 0.25) is 0 Å². The highest BCUT2D eigenvalue weighted by Crippen LogP contribution is 2.11. The van der Waals surface area contributed by atoms with Gasteiger partial charge in [0.1, 0.15) is 0 Å². The third-order valence-corrected chi connectivity index (χ3v) is 1.85. The van der Waals surface area contributed by atoms with E-state index < -0.39 is 0 Å². The van der Waals surface area contributed by atoms with Crippen molar-refractivity contribution in [1.82, 2.24) is 0 Å². The fourth-order valence-corrected chi connectivity index (χ4v) is 1.36. The smallest absolute Gasteiger partial charge is 0.0257 e. The molecule has 0 aromatic heterocycles. The van der Waals surface area contributed by atoms with Crippen LogP contribution in [0.5, 0.6) is 0 Å². The first kappa shape index (κ1) is 10.8. The van der Waals surface area contributed by atoms with Gasteiger partial charge in [-0.3, -0.25) is 0 Å². The Morgan fingerprint density at radius 2 is 1.00 bits per heavy atom. The minimum atomic E-state index is 1.27. The lowest BCUT2D eigenvalue weighted by atomic mass is 10.1. The SMILES string of the molecule is CC(C)=Cc1ccc(C=C(C)C)cc1. The van der Waals surface area contributed by atoms with Crippen molar-refractivity contribution in [2.24, 2.45) is 0 Å². The molecule has 0 unspecified atom stereocenters. The summed E-state index contributed by atoms with van der Waals surface area (Å²) < 4.78 is 0. The summed E-state index contributed by atoms with van der Waals surface area (Å²) in [5.41, 5.74) is 5.21. The van der Waals surface area contributed by atoms with Crippen LogP contribution in [-0.4, -0.2) is 0 Å². The molecule has 14 heavy (non-hydrogen) atoms. The second-order valence-electron chi connectivity index (χ2n) is 4.11. The second-order valence-corrected chi connectivity index (χ2v) is 4.11. The highest BCUT2D eigenvalue weighted by atomic mass is 13.9. The molecule has 0 saturated heterocycles. The van der Waals surface area contributed by atoms with Gasteiger partial charge in [0.15, 0.2) is 0 Å². The zero-order chi connectivity index (χ0) is 10.6. The van der Waals surface area contributed by atoms with Crippen molar-refractivity contribution in [3.63, 3.8) is 0 Å². The molecule has 0 nitrogen and oxygen atoms in total. The van der Waals surface area contributed by atoms with Gasteiger partial charge in [-0.15, -0.1) is 0 Å². The van der Waals surface area contributed by atoms with Gasteiger partial charge in [-0.05, 0) is 38.8 Å². The molecule has 0 N–H and O–H groups in total. The molecule has 0 aliphatic rings.